The lowest BCUT2D eigenvalue weighted by molar-refractivity contribution is 0.0484. The Labute approximate surface area is 128 Å². The second-order valence-corrected chi connectivity index (χ2v) is 7.34. The Morgan fingerprint density at radius 1 is 1.33 bits per heavy atom. The van der Waals surface area contributed by atoms with Crippen LogP contribution >= 0.6 is 0 Å². The molecule has 2 rings (SSSR count). The molecule has 3 nitrogen and oxygen atoms in total. The van der Waals surface area contributed by atoms with Crippen LogP contribution in [-0.4, -0.2) is 24.4 Å². The Hall–Kier alpha value is -1.22. The van der Waals surface area contributed by atoms with Gasteiger partial charge in [0, 0.05) is 11.8 Å². The smallest absolute Gasteiger partial charge is 0.120 e. The average molecular weight is 291 g/mol. The molecule has 2 N–H and O–H groups in total. The van der Waals surface area contributed by atoms with Gasteiger partial charge in [-0.05, 0) is 36.3 Å². The molecule has 1 saturated carbocycles. The molecule has 118 valence electrons. The molecule has 0 aromatic heterocycles. The van der Waals surface area contributed by atoms with Crippen LogP contribution in [0.15, 0.2) is 24.3 Å². The Bertz CT molecular complexity index is 467. The molecular weight excluding hydrogens is 262 g/mol. The van der Waals surface area contributed by atoms with E-state index < -0.39 is 0 Å². The molecule has 0 amide bonds. The fraction of sp³-hybridized carbons (Fsp3) is 0.667. The van der Waals surface area contributed by atoms with Crippen molar-refractivity contribution >= 4 is 5.69 Å². The van der Waals surface area contributed by atoms with Gasteiger partial charge in [-0.15, -0.1) is 0 Å². The van der Waals surface area contributed by atoms with Crippen molar-refractivity contribution in [1.29, 1.82) is 0 Å². The van der Waals surface area contributed by atoms with Crippen LogP contribution in [0.5, 0.6) is 5.75 Å². The van der Waals surface area contributed by atoms with Crippen molar-refractivity contribution in [3.8, 4) is 5.75 Å². The van der Waals surface area contributed by atoms with Crippen molar-refractivity contribution < 1.29 is 9.84 Å². The number of nitrogens with one attached hydrogen (secondary N) is 1. The second-order valence-electron chi connectivity index (χ2n) is 7.34. The summed E-state index contributed by atoms with van der Waals surface area (Å²) >= 11 is 0. The first-order valence-corrected chi connectivity index (χ1v) is 7.94. The third-order valence-corrected chi connectivity index (χ3v) is 4.82. The summed E-state index contributed by atoms with van der Waals surface area (Å²) in [7, 11) is 1.68. The number of rotatable bonds is 4. The van der Waals surface area contributed by atoms with E-state index in [1.54, 1.807) is 7.11 Å². The normalized spacial score (nSPS) is 26.4. The zero-order chi connectivity index (χ0) is 15.5. The third-order valence-electron chi connectivity index (χ3n) is 4.82. The molecular formula is C18H29NO2. The summed E-state index contributed by atoms with van der Waals surface area (Å²) in [5.41, 5.74) is 0.970. The maximum Gasteiger partial charge on any atom is 0.120 e. The van der Waals surface area contributed by atoms with Crippen molar-refractivity contribution in [1.82, 2.24) is 0 Å². The monoisotopic (exact) mass is 291 g/mol. The van der Waals surface area contributed by atoms with Crippen molar-refractivity contribution in [2.24, 2.45) is 11.3 Å². The van der Waals surface area contributed by atoms with Crippen molar-refractivity contribution in [2.45, 2.75) is 52.0 Å². The molecule has 1 aromatic rings. The Morgan fingerprint density at radius 3 is 2.71 bits per heavy atom. The summed E-state index contributed by atoms with van der Waals surface area (Å²) in [6, 6.07) is 7.99. The van der Waals surface area contributed by atoms with Crippen molar-refractivity contribution in [3.63, 3.8) is 0 Å². The van der Waals surface area contributed by atoms with Gasteiger partial charge >= 0.3 is 0 Å². The van der Waals surface area contributed by atoms with E-state index >= 15 is 0 Å². The van der Waals surface area contributed by atoms with E-state index in [9.17, 15) is 5.11 Å². The van der Waals surface area contributed by atoms with Crippen LogP contribution in [0.1, 0.15) is 46.5 Å². The zero-order valence-electron chi connectivity index (χ0n) is 13.8. The van der Waals surface area contributed by atoms with E-state index in [1.165, 1.54) is 19.3 Å². The van der Waals surface area contributed by atoms with Crippen LogP contribution in [0, 0.1) is 11.3 Å². The first-order chi connectivity index (χ1) is 9.91. The summed E-state index contributed by atoms with van der Waals surface area (Å²) in [6.45, 7) is 7.01. The average Bonchev–Trinajstić information content (AvgIpc) is 2.46. The predicted molar refractivity (Wildman–Crippen MR) is 87.8 cm³/mol. The molecule has 2 atom stereocenters. The van der Waals surface area contributed by atoms with Gasteiger partial charge in [-0.3, -0.25) is 0 Å². The topological polar surface area (TPSA) is 41.5 Å². The van der Waals surface area contributed by atoms with E-state index in [1.807, 2.05) is 24.3 Å². The zero-order valence-corrected chi connectivity index (χ0v) is 13.8. The summed E-state index contributed by atoms with van der Waals surface area (Å²) in [5.74, 6) is 1.30. The number of benzene rings is 1. The Balaban J connectivity index is 2.30. The summed E-state index contributed by atoms with van der Waals surface area (Å²) in [6.07, 6.45) is 4.61. The van der Waals surface area contributed by atoms with Crippen LogP contribution in [0.2, 0.25) is 0 Å². The third kappa shape index (κ3) is 3.52. The molecule has 0 heterocycles. The quantitative estimate of drug-likeness (QED) is 0.878. The number of anilines is 1. The lowest BCUT2D eigenvalue weighted by Gasteiger charge is -2.50. The van der Waals surface area contributed by atoms with Gasteiger partial charge in [0.05, 0.1) is 19.3 Å². The van der Waals surface area contributed by atoms with Gasteiger partial charge in [-0.25, -0.2) is 0 Å². The molecule has 1 aliphatic carbocycles. The van der Waals surface area contributed by atoms with Crippen LogP contribution in [0.4, 0.5) is 5.69 Å². The van der Waals surface area contributed by atoms with Gasteiger partial charge in [0.15, 0.2) is 0 Å². The largest absolute Gasteiger partial charge is 0.497 e. The number of hydrogen-bond donors (Lipinski definition) is 2. The highest BCUT2D eigenvalue weighted by Crippen LogP contribution is 2.46. The second kappa shape index (κ2) is 6.27. The first kappa shape index (κ1) is 16.2. The fourth-order valence-corrected chi connectivity index (χ4v) is 3.87. The Kier molecular flexibility index (Phi) is 4.82. The van der Waals surface area contributed by atoms with Crippen LogP contribution in [0.3, 0.4) is 0 Å². The molecule has 0 aliphatic heterocycles. The van der Waals surface area contributed by atoms with E-state index in [-0.39, 0.29) is 17.6 Å². The summed E-state index contributed by atoms with van der Waals surface area (Å²) < 4.78 is 5.30. The minimum absolute atomic E-state index is 0.173. The summed E-state index contributed by atoms with van der Waals surface area (Å²) in [4.78, 5) is 0. The maximum atomic E-state index is 10.2. The van der Waals surface area contributed by atoms with Crippen molar-refractivity contribution in [2.75, 3.05) is 19.0 Å². The lowest BCUT2D eigenvalue weighted by Crippen LogP contribution is -2.55. The predicted octanol–water partition coefficient (Wildman–Crippen LogP) is 4.07. The number of aliphatic hydroxyl groups excluding tert-OH is 1. The molecule has 0 spiro atoms. The highest BCUT2D eigenvalue weighted by molar-refractivity contribution is 5.50. The molecule has 0 saturated heterocycles. The van der Waals surface area contributed by atoms with Gasteiger partial charge in [0.1, 0.15) is 5.75 Å². The fourth-order valence-electron chi connectivity index (χ4n) is 3.87. The van der Waals surface area contributed by atoms with Crippen LogP contribution < -0.4 is 10.1 Å². The van der Waals surface area contributed by atoms with Gasteiger partial charge < -0.3 is 15.2 Å². The minimum atomic E-state index is -0.233. The van der Waals surface area contributed by atoms with Crippen molar-refractivity contribution in [3.05, 3.63) is 24.3 Å². The summed E-state index contributed by atoms with van der Waals surface area (Å²) in [5, 5.41) is 13.8. The van der Waals surface area contributed by atoms with Gasteiger partial charge in [0.25, 0.3) is 0 Å². The molecule has 1 aliphatic rings. The molecule has 2 unspecified atom stereocenters. The number of hydrogen-bond acceptors (Lipinski definition) is 3. The highest BCUT2D eigenvalue weighted by Gasteiger charge is 2.45. The van der Waals surface area contributed by atoms with E-state index in [0.29, 0.717) is 5.92 Å². The lowest BCUT2D eigenvalue weighted by atomic mass is 9.62. The standard InChI is InChI=1S/C18H29NO2/c1-17(2,3)16-10-5-6-11-18(16,13-20)19-14-8-7-9-15(12-14)21-4/h7-9,12,16,19-20H,5-6,10-11,13H2,1-4H3. The van der Waals surface area contributed by atoms with Gasteiger partial charge in [-0.1, -0.05) is 39.7 Å². The molecule has 0 radical (unpaired) electrons. The maximum absolute atomic E-state index is 10.2. The molecule has 3 heteroatoms. The van der Waals surface area contributed by atoms with Gasteiger partial charge in [0.2, 0.25) is 0 Å². The Morgan fingerprint density at radius 2 is 2.10 bits per heavy atom. The highest BCUT2D eigenvalue weighted by atomic mass is 16.5. The first-order valence-electron chi connectivity index (χ1n) is 7.94. The molecule has 21 heavy (non-hydrogen) atoms. The minimum Gasteiger partial charge on any atom is -0.497 e. The SMILES string of the molecule is COc1cccc(NC2(CO)CCCCC2C(C)(C)C)c1. The van der Waals surface area contributed by atoms with E-state index in [2.05, 4.69) is 26.1 Å². The molecule has 0 bridgehead atoms. The van der Waals surface area contributed by atoms with E-state index in [0.717, 1.165) is 17.9 Å². The van der Waals surface area contributed by atoms with E-state index in [4.69, 9.17) is 4.74 Å². The molecule has 1 fully saturated rings. The molecule has 1 aromatic carbocycles. The number of aliphatic hydroxyl groups is 1. The van der Waals surface area contributed by atoms with Crippen LogP contribution in [-0.2, 0) is 0 Å². The number of ether oxygens (including phenoxy) is 1. The van der Waals surface area contributed by atoms with Gasteiger partial charge in [-0.2, -0.15) is 0 Å². The number of methoxy groups -OCH3 is 1. The van der Waals surface area contributed by atoms with Crippen LogP contribution in [0.25, 0.3) is 0 Å².